The average molecular weight is 327 g/mol. The van der Waals surface area contributed by atoms with Gasteiger partial charge in [0.1, 0.15) is 0 Å². The van der Waals surface area contributed by atoms with Gasteiger partial charge in [-0.1, -0.05) is 6.42 Å². The lowest BCUT2D eigenvalue weighted by Gasteiger charge is -2.47. The number of guanidine groups is 1. The summed E-state index contributed by atoms with van der Waals surface area (Å²) >= 11 is 1.88. The van der Waals surface area contributed by atoms with Crippen molar-refractivity contribution >= 4 is 17.7 Å². The lowest BCUT2D eigenvalue weighted by atomic mass is 9.82. The van der Waals surface area contributed by atoms with Crippen molar-refractivity contribution in [1.82, 2.24) is 15.5 Å². The first kappa shape index (κ1) is 17.9. The largest absolute Gasteiger partial charge is 0.357 e. The number of piperidine rings is 2. The van der Waals surface area contributed by atoms with Crippen molar-refractivity contribution in [2.75, 3.05) is 26.4 Å². The predicted molar refractivity (Wildman–Crippen MR) is 98.9 cm³/mol. The van der Waals surface area contributed by atoms with Crippen LogP contribution in [-0.2, 0) is 0 Å². The van der Waals surface area contributed by atoms with E-state index >= 15 is 0 Å². The van der Waals surface area contributed by atoms with Crippen LogP contribution in [-0.4, -0.2) is 60.1 Å². The zero-order chi connectivity index (χ0) is 16.2. The van der Waals surface area contributed by atoms with Crippen molar-refractivity contribution in [3.63, 3.8) is 0 Å². The maximum Gasteiger partial charge on any atom is 0.191 e. The van der Waals surface area contributed by atoms with Crippen LogP contribution in [0.25, 0.3) is 0 Å². The Morgan fingerprint density at radius 2 is 1.91 bits per heavy atom. The fourth-order valence-corrected chi connectivity index (χ4v) is 3.77. The van der Waals surface area contributed by atoms with Crippen molar-refractivity contribution in [2.45, 2.75) is 75.7 Å². The van der Waals surface area contributed by atoms with E-state index in [1.165, 1.54) is 32.1 Å². The third-order valence-electron chi connectivity index (χ3n) is 5.20. The van der Waals surface area contributed by atoms with Crippen LogP contribution in [0, 0.1) is 0 Å². The van der Waals surface area contributed by atoms with Gasteiger partial charge in [0, 0.05) is 29.4 Å². The lowest BCUT2D eigenvalue weighted by Crippen LogP contribution is -2.56. The summed E-state index contributed by atoms with van der Waals surface area (Å²) < 4.78 is 0.200. The highest BCUT2D eigenvalue weighted by atomic mass is 32.2. The Morgan fingerprint density at radius 1 is 1.27 bits per heavy atom. The van der Waals surface area contributed by atoms with Crippen LogP contribution in [0.3, 0.4) is 0 Å². The molecule has 0 aromatic carbocycles. The van der Waals surface area contributed by atoms with E-state index in [1.54, 1.807) is 0 Å². The molecule has 22 heavy (non-hydrogen) atoms. The molecule has 2 heterocycles. The third kappa shape index (κ3) is 4.79. The van der Waals surface area contributed by atoms with Crippen molar-refractivity contribution in [1.29, 1.82) is 0 Å². The van der Waals surface area contributed by atoms with Gasteiger partial charge in [-0.15, -0.1) is 0 Å². The molecule has 4 nitrogen and oxygen atoms in total. The van der Waals surface area contributed by atoms with Crippen LogP contribution in [0.15, 0.2) is 4.99 Å². The fourth-order valence-electron chi connectivity index (χ4n) is 3.58. The molecule has 2 fully saturated rings. The van der Waals surface area contributed by atoms with Gasteiger partial charge in [0.15, 0.2) is 5.96 Å². The number of hydrogen-bond donors (Lipinski definition) is 2. The van der Waals surface area contributed by atoms with Gasteiger partial charge in [-0.3, -0.25) is 4.99 Å². The molecular formula is C17H34N4S. The SMILES string of the molecule is CCNC(=NCC(C)(C)SC)NC1CC2CCCC(C1)N2C. The maximum absolute atomic E-state index is 4.82. The van der Waals surface area contributed by atoms with E-state index in [2.05, 4.69) is 49.6 Å². The molecule has 0 radical (unpaired) electrons. The summed E-state index contributed by atoms with van der Waals surface area (Å²) in [5.74, 6) is 0.997. The van der Waals surface area contributed by atoms with E-state index in [1.807, 2.05) is 11.8 Å². The molecule has 0 aliphatic carbocycles. The molecule has 0 saturated carbocycles. The molecule has 5 heteroatoms. The molecule has 128 valence electrons. The summed E-state index contributed by atoms with van der Waals surface area (Å²) in [6.07, 6.45) is 8.79. The molecule has 2 bridgehead atoms. The summed E-state index contributed by atoms with van der Waals surface area (Å²) in [6.45, 7) is 8.42. The number of nitrogens with one attached hydrogen (secondary N) is 2. The van der Waals surface area contributed by atoms with E-state index < -0.39 is 0 Å². The average Bonchev–Trinajstić information content (AvgIpc) is 2.46. The second-order valence-electron chi connectivity index (χ2n) is 7.38. The van der Waals surface area contributed by atoms with Gasteiger partial charge < -0.3 is 15.5 Å². The van der Waals surface area contributed by atoms with Gasteiger partial charge in [-0.05, 0) is 59.8 Å². The van der Waals surface area contributed by atoms with E-state index in [0.29, 0.717) is 6.04 Å². The van der Waals surface area contributed by atoms with E-state index in [-0.39, 0.29) is 4.75 Å². The highest BCUT2D eigenvalue weighted by Crippen LogP contribution is 2.32. The Kier molecular flexibility index (Phi) is 6.45. The lowest BCUT2D eigenvalue weighted by molar-refractivity contribution is 0.0526. The fraction of sp³-hybridized carbons (Fsp3) is 0.941. The number of rotatable bonds is 5. The Labute approximate surface area is 140 Å². The highest BCUT2D eigenvalue weighted by Gasteiger charge is 2.36. The molecule has 2 N–H and O–H groups in total. The normalized spacial score (nSPS) is 30.2. The summed E-state index contributed by atoms with van der Waals surface area (Å²) in [7, 11) is 2.31. The molecule has 2 atom stereocenters. The quantitative estimate of drug-likeness (QED) is 0.602. The number of fused-ring (bicyclic) bond motifs is 2. The molecule has 2 aliphatic rings. The molecule has 0 aromatic rings. The van der Waals surface area contributed by atoms with Crippen molar-refractivity contribution < 1.29 is 0 Å². The minimum Gasteiger partial charge on any atom is -0.357 e. The van der Waals surface area contributed by atoms with Crippen LogP contribution in [0.5, 0.6) is 0 Å². The predicted octanol–water partition coefficient (Wildman–Crippen LogP) is 2.70. The van der Waals surface area contributed by atoms with E-state index in [9.17, 15) is 0 Å². The van der Waals surface area contributed by atoms with E-state index in [4.69, 9.17) is 4.99 Å². The Balaban J connectivity index is 1.95. The molecule has 0 amide bonds. The van der Waals surface area contributed by atoms with Gasteiger partial charge in [-0.2, -0.15) is 11.8 Å². The summed E-state index contributed by atoms with van der Waals surface area (Å²) in [6, 6.07) is 2.09. The number of thioether (sulfide) groups is 1. The Hall–Kier alpha value is -0.420. The molecule has 2 rings (SSSR count). The topological polar surface area (TPSA) is 39.7 Å². The van der Waals surface area contributed by atoms with Gasteiger partial charge in [0.2, 0.25) is 0 Å². The second kappa shape index (κ2) is 7.91. The zero-order valence-corrected chi connectivity index (χ0v) is 15.8. The smallest absolute Gasteiger partial charge is 0.191 e. The first-order chi connectivity index (χ1) is 10.4. The van der Waals surface area contributed by atoms with Crippen LogP contribution in [0.1, 0.15) is 52.9 Å². The first-order valence-corrected chi connectivity index (χ1v) is 9.99. The highest BCUT2D eigenvalue weighted by molar-refractivity contribution is 7.99. The van der Waals surface area contributed by atoms with Crippen molar-refractivity contribution in [3.05, 3.63) is 0 Å². The molecule has 2 aliphatic heterocycles. The van der Waals surface area contributed by atoms with Gasteiger partial charge in [0.05, 0.1) is 6.54 Å². The van der Waals surface area contributed by atoms with Gasteiger partial charge >= 0.3 is 0 Å². The molecule has 0 aromatic heterocycles. The Morgan fingerprint density at radius 3 is 2.45 bits per heavy atom. The summed E-state index contributed by atoms with van der Waals surface area (Å²) in [5, 5.41) is 7.13. The van der Waals surface area contributed by atoms with Gasteiger partial charge in [0.25, 0.3) is 0 Å². The number of nitrogens with zero attached hydrogens (tertiary/aromatic N) is 2. The van der Waals surface area contributed by atoms with Crippen molar-refractivity contribution in [2.24, 2.45) is 4.99 Å². The minimum absolute atomic E-state index is 0.200. The van der Waals surface area contributed by atoms with Crippen LogP contribution in [0.4, 0.5) is 0 Å². The van der Waals surface area contributed by atoms with Crippen LogP contribution >= 0.6 is 11.8 Å². The van der Waals surface area contributed by atoms with Crippen LogP contribution in [0.2, 0.25) is 0 Å². The monoisotopic (exact) mass is 326 g/mol. The van der Waals surface area contributed by atoms with Crippen LogP contribution < -0.4 is 10.6 Å². The minimum atomic E-state index is 0.200. The number of aliphatic imine (C=N–C) groups is 1. The van der Waals surface area contributed by atoms with Crippen molar-refractivity contribution in [3.8, 4) is 0 Å². The molecule has 0 spiro atoms. The molecular weight excluding hydrogens is 292 g/mol. The molecule has 2 saturated heterocycles. The Bertz CT molecular complexity index is 369. The first-order valence-electron chi connectivity index (χ1n) is 8.77. The van der Waals surface area contributed by atoms with Gasteiger partial charge in [-0.25, -0.2) is 0 Å². The molecule has 2 unspecified atom stereocenters. The third-order valence-corrected chi connectivity index (χ3v) is 6.43. The second-order valence-corrected chi connectivity index (χ2v) is 8.89. The maximum atomic E-state index is 4.82. The standard InChI is InChI=1S/C17H34N4S/c1-6-18-16(19-12-17(2,3)22-5)20-13-10-14-8-7-9-15(11-13)21(14)4/h13-15H,6-12H2,1-5H3,(H2,18,19,20). The number of hydrogen-bond acceptors (Lipinski definition) is 3. The summed E-state index contributed by atoms with van der Waals surface area (Å²) in [4.78, 5) is 7.44. The van der Waals surface area contributed by atoms with E-state index in [0.717, 1.165) is 31.1 Å². The zero-order valence-electron chi connectivity index (χ0n) is 15.0. The summed E-state index contributed by atoms with van der Waals surface area (Å²) in [5.41, 5.74) is 0.